The fourth-order valence-electron chi connectivity index (χ4n) is 0.0393. The molecule has 0 N–H and O–H groups in total. The number of carbonyl (C=O) groups excluding carboxylic acids is 2. The van der Waals surface area contributed by atoms with Gasteiger partial charge in [-0.3, -0.25) is 0 Å². The van der Waals surface area contributed by atoms with E-state index in [2.05, 4.69) is 0 Å². The zero-order valence-corrected chi connectivity index (χ0v) is 3.39. The van der Waals surface area contributed by atoms with Gasteiger partial charge in [0, 0.05) is 0 Å². The average molecular weight is 83.1 g/mol. The molecule has 0 aromatic rings. The van der Waals surface area contributed by atoms with E-state index in [0.717, 1.165) is 0 Å². The molecule has 0 saturated heterocycles. The van der Waals surface area contributed by atoms with Crippen molar-refractivity contribution in [2.24, 2.45) is 0 Å². The summed E-state index contributed by atoms with van der Waals surface area (Å²) in [5.74, 6) is 0. The maximum Gasteiger partial charge on any atom is 2.00 e. The topological polar surface area (TPSA) is 34.1 Å². The smallest absolute Gasteiger partial charge is 1.00 e. The molecular weight excluding hydrogens is 77.0 g/mol. The quantitative estimate of drug-likeness (QED) is 0.259. The van der Waals surface area contributed by atoms with Crippen molar-refractivity contribution in [1.82, 2.24) is 0 Å². The molecule has 0 rings (SSSR count). The SMILES string of the molecule is O=CCC=O.[Be+2].[H-].[H-]. The van der Waals surface area contributed by atoms with Crippen LogP contribution in [0, 0.1) is 0 Å². The predicted octanol–water partition coefficient (Wildman–Crippen LogP) is -0.381. The summed E-state index contributed by atoms with van der Waals surface area (Å²) in [7, 11) is 0. The number of hydrogen-bond acceptors (Lipinski definition) is 2. The van der Waals surface area contributed by atoms with Gasteiger partial charge in [0.25, 0.3) is 0 Å². The molecule has 0 amide bonds. The van der Waals surface area contributed by atoms with E-state index in [0.29, 0.717) is 12.6 Å². The van der Waals surface area contributed by atoms with E-state index in [9.17, 15) is 9.59 Å². The molecule has 0 bridgehead atoms. The van der Waals surface area contributed by atoms with Gasteiger partial charge in [0.15, 0.2) is 0 Å². The molecule has 2 nitrogen and oxygen atoms in total. The number of aldehydes is 2. The van der Waals surface area contributed by atoms with E-state index in [-0.39, 0.29) is 19.4 Å². The van der Waals surface area contributed by atoms with E-state index in [1.54, 1.807) is 0 Å². The molecule has 0 spiro atoms. The van der Waals surface area contributed by atoms with Crippen molar-refractivity contribution < 1.29 is 12.4 Å². The van der Waals surface area contributed by atoms with Crippen LogP contribution < -0.4 is 0 Å². The van der Waals surface area contributed by atoms with Crippen LogP contribution in [0.3, 0.4) is 0 Å². The van der Waals surface area contributed by atoms with Crippen molar-refractivity contribution in [2.75, 3.05) is 0 Å². The Kier molecular flexibility index (Phi) is 13.4. The first-order valence-corrected chi connectivity index (χ1v) is 1.29. The third-order valence-electron chi connectivity index (χ3n) is 0.192. The fourth-order valence-corrected chi connectivity index (χ4v) is 0.0393. The number of hydrogen-bond donors (Lipinski definition) is 0. The second-order valence-electron chi connectivity index (χ2n) is 0.569. The monoisotopic (exact) mass is 83.0 g/mol. The molecule has 0 fully saturated rings. The van der Waals surface area contributed by atoms with Crippen LogP contribution in [0.25, 0.3) is 0 Å². The van der Waals surface area contributed by atoms with Crippen molar-refractivity contribution >= 4 is 22.7 Å². The van der Waals surface area contributed by atoms with Crippen molar-refractivity contribution in [3.63, 3.8) is 0 Å². The van der Waals surface area contributed by atoms with Gasteiger partial charge < -0.3 is 12.4 Å². The van der Waals surface area contributed by atoms with Crippen molar-refractivity contribution in [2.45, 2.75) is 6.42 Å². The van der Waals surface area contributed by atoms with E-state index in [1.165, 1.54) is 0 Å². The summed E-state index contributed by atoms with van der Waals surface area (Å²) in [6, 6.07) is 0. The second kappa shape index (κ2) is 8.82. The molecule has 32 valence electrons. The van der Waals surface area contributed by atoms with E-state index < -0.39 is 0 Å². The maximum absolute atomic E-state index is 9.17. The van der Waals surface area contributed by atoms with Crippen LogP contribution in [0.1, 0.15) is 9.27 Å². The van der Waals surface area contributed by atoms with Gasteiger partial charge in [-0.05, 0) is 0 Å². The van der Waals surface area contributed by atoms with Crippen molar-refractivity contribution in [3.8, 4) is 0 Å². The maximum atomic E-state index is 9.17. The molecule has 0 heterocycles. The molecule has 0 aliphatic rings. The molecule has 0 aliphatic heterocycles. The van der Waals surface area contributed by atoms with Crippen LogP contribution in [0.15, 0.2) is 0 Å². The Morgan fingerprint density at radius 3 is 1.67 bits per heavy atom. The van der Waals surface area contributed by atoms with Crippen molar-refractivity contribution in [3.05, 3.63) is 0 Å². The Hall–Kier alpha value is -0.491. The minimum absolute atomic E-state index is 0. The third kappa shape index (κ3) is 9.70. The number of carbonyl (C=O) groups is 2. The summed E-state index contributed by atoms with van der Waals surface area (Å²) in [4.78, 5) is 18.3. The first-order chi connectivity index (χ1) is 2.41. The molecule has 0 aromatic heterocycles. The molecule has 0 radical (unpaired) electrons. The van der Waals surface area contributed by atoms with Crippen molar-refractivity contribution in [1.29, 1.82) is 0 Å². The largest absolute Gasteiger partial charge is 2.00 e. The average Bonchev–Trinajstić information content (AvgIpc) is 1.41. The molecule has 0 aliphatic carbocycles. The minimum Gasteiger partial charge on any atom is -1.00 e. The summed E-state index contributed by atoms with van der Waals surface area (Å²) in [5, 5.41) is 0. The summed E-state index contributed by atoms with van der Waals surface area (Å²) < 4.78 is 0. The van der Waals surface area contributed by atoms with Gasteiger partial charge in [-0.2, -0.15) is 0 Å². The van der Waals surface area contributed by atoms with Gasteiger partial charge in [-0.15, -0.1) is 0 Å². The summed E-state index contributed by atoms with van der Waals surface area (Å²) >= 11 is 0. The standard InChI is InChI=1S/C3H4O2.Be.2H/c4-2-1-3-5;;;/h2-3H,1H2;;;/q;+2;2*-1. The normalized spacial score (nSPS) is 5.33. The number of rotatable bonds is 2. The van der Waals surface area contributed by atoms with Crippen LogP contribution in [0.2, 0.25) is 0 Å². The van der Waals surface area contributed by atoms with Crippen LogP contribution in [0.5, 0.6) is 0 Å². The Morgan fingerprint density at radius 2 is 1.67 bits per heavy atom. The van der Waals surface area contributed by atoms with E-state index >= 15 is 0 Å². The van der Waals surface area contributed by atoms with Crippen LogP contribution in [-0.4, -0.2) is 22.7 Å². The van der Waals surface area contributed by atoms with Crippen LogP contribution in [0.4, 0.5) is 0 Å². The molecule has 6 heavy (non-hydrogen) atoms. The molecule has 0 atom stereocenters. The van der Waals surface area contributed by atoms with E-state index in [4.69, 9.17) is 0 Å². The van der Waals surface area contributed by atoms with E-state index in [1.807, 2.05) is 0 Å². The first-order valence-electron chi connectivity index (χ1n) is 1.29. The van der Waals surface area contributed by atoms with Gasteiger partial charge in [0.1, 0.15) is 12.6 Å². The predicted molar refractivity (Wildman–Crippen MR) is 24.7 cm³/mol. The second-order valence-corrected chi connectivity index (χ2v) is 0.569. The Morgan fingerprint density at radius 1 is 1.33 bits per heavy atom. The van der Waals surface area contributed by atoms with Crippen LogP contribution in [-0.2, 0) is 9.59 Å². The van der Waals surface area contributed by atoms with Crippen LogP contribution >= 0.6 is 0 Å². The molecule has 0 saturated carbocycles. The van der Waals surface area contributed by atoms with Gasteiger partial charge in [-0.1, -0.05) is 0 Å². The fraction of sp³-hybridized carbons (Fsp3) is 0.333. The zero-order valence-electron chi connectivity index (χ0n) is 5.39. The molecule has 0 aromatic carbocycles. The molecule has 3 heteroatoms. The van der Waals surface area contributed by atoms with Gasteiger partial charge in [0.05, 0.1) is 6.42 Å². The zero-order chi connectivity index (χ0) is 4.12. The van der Waals surface area contributed by atoms with Gasteiger partial charge >= 0.3 is 10.1 Å². The Bertz CT molecular complexity index is 44.5. The summed E-state index contributed by atoms with van der Waals surface area (Å²) in [6.45, 7) is 0. The van der Waals surface area contributed by atoms with Gasteiger partial charge in [0.2, 0.25) is 0 Å². The summed E-state index contributed by atoms with van der Waals surface area (Å²) in [6.07, 6.45) is 1.15. The molecule has 0 unspecified atom stereocenters. The molecular formula is C3H6BeO2. The first kappa shape index (κ1) is 9.10. The minimum atomic E-state index is 0. The van der Waals surface area contributed by atoms with Gasteiger partial charge in [-0.25, -0.2) is 0 Å². The third-order valence-corrected chi connectivity index (χ3v) is 0.192. The Labute approximate surface area is 42.7 Å². The summed E-state index contributed by atoms with van der Waals surface area (Å²) in [5.41, 5.74) is 0. The Balaban J connectivity index is -0.0000000267.